The Morgan fingerprint density at radius 3 is 2.58 bits per heavy atom. The molecule has 3 rings (SSSR count). The molecule has 0 spiro atoms. The molecule has 2 heterocycles. The van der Waals surface area contributed by atoms with Gasteiger partial charge in [-0.05, 0) is 39.8 Å². The van der Waals surface area contributed by atoms with Crippen LogP contribution in [0.5, 0.6) is 0 Å². The van der Waals surface area contributed by atoms with Gasteiger partial charge in [-0.3, -0.25) is 0 Å². The highest BCUT2D eigenvalue weighted by atomic mass is 16.3. The molecule has 4 nitrogen and oxygen atoms in total. The summed E-state index contributed by atoms with van der Waals surface area (Å²) in [4.78, 5) is 4.50. The Bertz CT molecular complexity index is 698. The maximum absolute atomic E-state index is 5.88. The summed E-state index contributed by atoms with van der Waals surface area (Å²) in [5, 5.41) is 5.56. The van der Waals surface area contributed by atoms with Gasteiger partial charge in [0.2, 0.25) is 0 Å². The molecular weight excluding hydrogens is 238 g/mol. The lowest BCUT2D eigenvalue weighted by Gasteiger charge is -2.20. The van der Waals surface area contributed by atoms with Gasteiger partial charge in [-0.15, -0.1) is 0 Å². The summed E-state index contributed by atoms with van der Waals surface area (Å²) < 4.78 is 7.80. The molecule has 0 saturated heterocycles. The van der Waals surface area contributed by atoms with Crippen molar-refractivity contribution in [3.8, 4) is 11.6 Å². The van der Waals surface area contributed by atoms with Crippen LogP contribution in [0.25, 0.3) is 22.6 Å². The third-order valence-corrected chi connectivity index (χ3v) is 2.99. The Morgan fingerprint density at radius 1 is 1.16 bits per heavy atom. The number of hydrogen-bond acceptors (Lipinski definition) is 3. The van der Waals surface area contributed by atoms with Crippen LogP contribution < -0.4 is 0 Å². The first-order valence-corrected chi connectivity index (χ1v) is 6.38. The highest BCUT2D eigenvalue weighted by molar-refractivity contribution is 5.81. The lowest BCUT2D eigenvalue weighted by atomic mass is 10.1. The molecule has 0 bridgehead atoms. The van der Waals surface area contributed by atoms with Crippen LogP contribution in [0.3, 0.4) is 0 Å². The SMILES string of the molecule is Cc1nc(-c2cc3ccccc3o2)n(C(C)(C)C)n1. The Labute approximate surface area is 112 Å². The Kier molecular flexibility index (Phi) is 2.49. The number of fused-ring (bicyclic) bond motifs is 1. The number of hydrogen-bond donors (Lipinski definition) is 0. The zero-order valence-electron chi connectivity index (χ0n) is 11.6. The van der Waals surface area contributed by atoms with Crippen LogP contribution in [0.1, 0.15) is 26.6 Å². The van der Waals surface area contributed by atoms with E-state index >= 15 is 0 Å². The molecule has 0 saturated carbocycles. The molecule has 19 heavy (non-hydrogen) atoms. The van der Waals surface area contributed by atoms with Gasteiger partial charge in [0, 0.05) is 5.39 Å². The quantitative estimate of drug-likeness (QED) is 0.665. The van der Waals surface area contributed by atoms with Crippen molar-refractivity contribution in [1.82, 2.24) is 14.8 Å². The van der Waals surface area contributed by atoms with Crippen LogP contribution >= 0.6 is 0 Å². The molecule has 2 aromatic heterocycles. The van der Waals surface area contributed by atoms with E-state index in [1.54, 1.807) is 0 Å². The minimum absolute atomic E-state index is 0.129. The number of furan rings is 1. The summed E-state index contributed by atoms with van der Waals surface area (Å²) in [5.41, 5.74) is 0.744. The summed E-state index contributed by atoms with van der Waals surface area (Å²) in [5.74, 6) is 2.29. The molecule has 0 atom stereocenters. The van der Waals surface area contributed by atoms with Gasteiger partial charge in [-0.25, -0.2) is 9.67 Å². The zero-order valence-corrected chi connectivity index (χ0v) is 11.6. The second kappa shape index (κ2) is 3.95. The minimum atomic E-state index is -0.129. The molecule has 0 aliphatic heterocycles. The molecule has 0 N–H and O–H groups in total. The predicted octanol–water partition coefficient (Wildman–Crippen LogP) is 3.75. The molecule has 1 aromatic carbocycles. The first-order chi connectivity index (χ1) is 8.95. The number of benzene rings is 1. The van der Waals surface area contributed by atoms with E-state index in [0.717, 1.165) is 28.4 Å². The molecule has 0 radical (unpaired) electrons. The van der Waals surface area contributed by atoms with E-state index in [9.17, 15) is 0 Å². The molecular formula is C15H17N3O. The van der Waals surface area contributed by atoms with Crippen molar-refractivity contribution >= 4 is 11.0 Å². The average molecular weight is 255 g/mol. The van der Waals surface area contributed by atoms with Gasteiger partial charge in [0.05, 0.1) is 5.54 Å². The van der Waals surface area contributed by atoms with E-state index in [1.165, 1.54) is 0 Å². The fourth-order valence-electron chi connectivity index (χ4n) is 2.13. The minimum Gasteiger partial charge on any atom is -0.453 e. The Balaban J connectivity index is 2.21. The molecule has 0 unspecified atom stereocenters. The summed E-state index contributed by atoms with van der Waals surface area (Å²) in [7, 11) is 0. The fraction of sp³-hybridized carbons (Fsp3) is 0.333. The van der Waals surface area contributed by atoms with Crippen LogP contribution in [-0.4, -0.2) is 14.8 Å². The van der Waals surface area contributed by atoms with Gasteiger partial charge >= 0.3 is 0 Å². The summed E-state index contributed by atoms with van der Waals surface area (Å²) in [6.45, 7) is 8.21. The normalized spacial score (nSPS) is 12.2. The predicted molar refractivity (Wildman–Crippen MR) is 75.0 cm³/mol. The van der Waals surface area contributed by atoms with E-state index in [0.29, 0.717) is 0 Å². The second-order valence-corrected chi connectivity index (χ2v) is 5.71. The van der Waals surface area contributed by atoms with Crippen molar-refractivity contribution in [2.75, 3.05) is 0 Å². The number of rotatable bonds is 1. The number of nitrogens with zero attached hydrogens (tertiary/aromatic N) is 3. The van der Waals surface area contributed by atoms with Gasteiger partial charge < -0.3 is 4.42 Å². The standard InChI is InChI=1S/C15H17N3O/c1-10-16-14(18(17-10)15(2,3)4)13-9-11-7-5-6-8-12(11)19-13/h5-9H,1-4H3. The van der Waals surface area contributed by atoms with Gasteiger partial charge in [0.15, 0.2) is 11.6 Å². The number of para-hydroxylation sites is 1. The molecule has 98 valence electrons. The van der Waals surface area contributed by atoms with Crippen LogP contribution in [0, 0.1) is 6.92 Å². The topological polar surface area (TPSA) is 43.9 Å². The van der Waals surface area contributed by atoms with Crippen LogP contribution in [0.4, 0.5) is 0 Å². The smallest absolute Gasteiger partial charge is 0.195 e. The highest BCUT2D eigenvalue weighted by Crippen LogP contribution is 2.29. The Morgan fingerprint density at radius 2 is 1.89 bits per heavy atom. The van der Waals surface area contributed by atoms with Crippen molar-refractivity contribution in [3.05, 3.63) is 36.2 Å². The molecule has 0 amide bonds. The van der Waals surface area contributed by atoms with E-state index in [-0.39, 0.29) is 5.54 Å². The number of aryl methyl sites for hydroxylation is 1. The summed E-state index contributed by atoms with van der Waals surface area (Å²) in [6.07, 6.45) is 0. The number of aromatic nitrogens is 3. The Hall–Kier alpha value is -2.10. The van der Waals surface area contributed by atoms with Gasteiger partial charge in [-0.1, -0.05) is 18.2 Å². The maximum atomic E-state index is 5.88. The molecule has 3 aromatic rings. The monoisotopic (exact) mass is 255 g/mol. The van der Waals surface area contributed by atoms with Crippen molar-refractivity contribution in [3.63, 3.8) is 0 Å². The molecule has 0 fully saturated rings. The zero-order chi connectivity index (χ0) is 13.6. The van der Waals surface area contributed by atoms with Gasteiger partial charge in [0.1, 0.15) is 11.4 Å². The summed E-state index contributed by atoms with van der Waals surface area (Å²) in [6, 6.07) is 9.98. The largest absolute Gasteiger partial charge is 0.453 e. The average Bonchev–Trinajstić information content (AvgIpc) is 2.90. The third kappa shape index (κ3) is 2.03. The van der Waals surface area contributed by atoms with E-state index < -0.39 is 0 Å². The van der Waals surface area contributed by atoms with Gasteiger partial charge in [0.25, 0.3) is 0 Å². The van der Waals surface area contributed by atoms with Crippen molar-refractivity contribution < 1.29 is 4.42 Å². The van der Waals surface area contributed by atoms with E-state index in [2.05, 4.69) is 30.9 Å². The fourth-order valence-corrected chi connectivity index (χ4v) is 2.13. The lowest BCUT2D eigenvalue weighted by molar-refractivity contribution is 0.355. The molecule has 0 aliphatic rings. The van der Waals surface area contributed by atoms with Crippen molar-refractivity contribution in [2.24, 2.45) is 0 Å². The molecule has 4 heteroatoms. The van der Waals surface area contributed by atoms with Crippen molar-refractivity contribution in [2.45, 2.75) is 33.2 Å². The van der Waals surface area contributed by atoms with Crippen LogP contribution in [0.15, 0.2) is 34.7 Å². The third-order valence-electron chi connectivity index (χ3n) is 2.99. The maximum Gasteiger partial charge on any atom is 0.195 e. The molecule has 0 aliphatic carbocycles. The first-order valence-electron chi connectivity index (χ1n) is 6.38. The highest BCUT2D eigenvalue weighted by Gasteiger charge is 2.23. The summed E-state index contributed by atoms with van der Waals surface area (Å²) >= 11 is 0. The van der Waals surface area contributed by atoms with E-state index in [4.69, 9.17) is 4.42 Å². The first kappa shape index (κ1) is 12.0. The van der Waals surface area contributed by atoms with E-state index in [1.807, 2.05) is 41.9 Å². The van der Waals surface area contributed by atoms with Crippen molar-refractivity contribution in [1.29, 1.82) is 0 Å². The second-order valence-electron chi connectivity index (χ2n) is 5.71. The van der Waals surface area contributed by atoms with Gasteiger partial charge in [-0.2, -0.15) is 5.10 Å². The van der Waals surface area contributed by atoms with Crippen LogP contribution in [-0.2, 0) is 5.54 Å². The van der Waals surface area contributed by atoms with Crippen LogP contribution in [0.2, 0.25) is 0 Å². The lowest BCUT2D eigenvalue weighted by Crippen LogP contribution is -2.24.